The first kappa shape index (κ1) is 11.0. The number of non-ortho nitro benzene ring substituents is 1. The van der Waals surface area contributed by atoms with Crippen LogP contribution in [0.5, 0.6) is 0 Å². The average Bonchev–Trinajstić information content (AvgIpc) is 2.70. The number of carbonyl (C=O) groups is 1. The van der Waals surface area contributed by atoms with Gasteiger partial charge in [-0.2, -0.15) is 0 Å². The maximum absolute atomic E-state index is 10.9. The SMILES string of the molecule is CCn1nnc2cc(C(=O)O)cc([N+](=O)[O-])c21. The Hall–Kier alpha value is -2.51. The number of nitro groups is 1. The lowest BCUT2D eigenvalue weighted by atomic mass is 10.1. The number of fused-ring (bicyclic) bond motifs is 1. The van der Waals surface area contributed by atoms with Gasteiger partial charge in [-0.25, -0.2) is 9.48 Å². The summed E-state index contributed by atoms with van der Waals surface area (Å²) in [6.45, 7) is 2.19. The highest BCUT2D eigenvalue weighted by molar-refractivity contribution is 5.96. The third-order valence-electron chi connectivity index (χ3n) is 2.33. The standard InChI is InChI=1S/C9H8N4O4/c1-2-12-8-6(10-11-12)3-5(9(14)15)4-7(8)13(16)17/h3-4H,2H2,1H3,(H,14,15). The summed E-state index contributed by atoms with van der Waals surface area (Å²) in [6.07, 6.45) is 0. The molecule has 17 heavy (non-hydrogen) atoms. The number of aromatic carboxylic acids is 1. The number of aromatic nitrogens is 3. The third kappa shape index (κ3) is 1.69. The minimum absolute atomic E-state index is 0.174. The van der Waals surface area contributed by atoms with E-state index in [0.717, 1.165) is 6.07 Å². The molecule has 1 heterocycles. The normalized spacial score (nSPS) is 10.6. The summed E-state index contributed by atoms with van der Waals surface area (Å²) < 4.78 is 1.36. The van der Waals surface area contributed by atoms with Crippen LogP contribution in [0.1, 0.15) is 17.3 Å². The van der Waals surface area contributed by atoms with Crippen LogP contribution in [-0.2, 0) is 6.54 Å². The number of benzene rings is 1. The molecule has 0 atom stereocenters. The van der Waals surface area contributed by atoms with E-state index in [1.807, 2.05) is 0 Å². The van der Waals surface area contributed by atoms with Gasteiger partial charge in [-0.1, -0.05) is 5.21 Å². The number of carboxylic acids is 1. The minimum Gasteiger partial charge on any atom is -0.478 e. The fraction of sp³-hybridized carbons (Fsp3) is 0.222. The summed E-state index contributed by atoms with van der Waals surface area (Å²) in [4.78, 5) is 21.1. The van der Waals surface area contributed by atoms with Crippen molar-refractivity contribution in [3.8, 4) is 0 Å². The molecule has 0 aliphatic heterocycles. The molecule has 0 bridgehead atoms. The molecule has 0 aliphatic carbocycles. The van der Waals surface area contributed by atoms with E-state index in [4.69, 9.17) is 5.11 Å². The average molecular weight is 236 g/mol. The summed E-state index contributed by atoms with van der Waals surface area (Å²) >= 11 is 0. The highest BCUT2D eigenvalue weighted by Crippen LogP contribution is 2.26. The molecule has 0 amide bonds. The van der Waals surface area contributed by atoms with Gasteiger partial charge in [-0.05, 0) is 13.0 Å². The monoisotopic (exact) mass is 236 g/mol. The fourth-order valence-corrected chi connectivity index (χ4v) is 1.58. The van der Waals surface area contributed by atoms with Crippen LogP contribution >= 0.6 is 0 Å². The Labute approximate surface area is 94.6 Å². The van der Waals surface area contributed by atoms with Gasteiger partial charge in [-0.15, -0.1) is 5.10 Å². The molecule has 1 aromatic heterocycles. The number of aryl methyl sites for hydroxylation is 1. The molecule has 1 aromatic carbocycles. The van der Waals surface area contributed by atoms with Crippen molar-refractivity contribution in [2.45, 2.75) is 13.5 Å². The molecule has 88 valence electrons. The predicted molar refractivity (Wildman–Crippen MR) is 56.8 cm³/mol. The summed E-state index contributed by atoms with van der Waals surface area (Å²) in [5.74, 6) is -1.24. The van der Waals surface area contributed by atoms with Gasteiger partial charge in [0.05, 0.1) is 10.5 Å². The molecule has 0 spiro atoms. The van der Waals surface area contributed by atoms with Crippen LogP contribution < -0.4 is 0 Å². The van der Waals surface area contributed by atoms with Gasteiger partial charge in [0.2, 0.25) is 0 Å². The van der Waals surface area contributed by atoms with E-state index in [1.165, 1.54) is 10.7 Å². The van der Waals surface area contributed by atoms with Gasteiger partial charge >= 0.3 is 5.97 Å². The number of nitro benzene ring substituents is 1. The number of hydrogen-bond acceptors (Lipinski definition) is 5. The minimum atomic E-state index is -1.24. The zero-order chi connectivity index (χ0) is 12.6. The Kier molecular flexibility index (Phi) is 2.47. The molecule has 8 nitrogen and oxygen atoms in total. The van der Waals surface area contributed by atoms with Crippen LogP contribution in [-0.4, -0.2) is 31.0 Å². The van der Waals surface area contributed by atoms with E-state index in [9.17, 15) is 14.9 Å². The van der Waals surface area contributed by atoms with Gasteiger partial charge in [0, 0.05) is 12.6 Å². The Balaban J connectivity index is 2.83. The molecule has 0 saturated carbocycles. The van der Waals surface area contributed by atoms with Crippen molar-refractivity contribution in [1.29, 1.82) is 0 Å². The van der Waals surface area contributed by atoms with Crippen LogP contribution in [0.15, 0.2) is 12.1 Å². The second kappa shape index (κ2) is 3.81. The Morgan fingerprint density at radius 1 is 1.59 bits per heavy atom. The molecule has 0 radical (unpaired) electrons. The van der Waals surface area contributed by atoms with Crippen molar-refractivity contribution in [1.82, 2.24) is 15.0 Å². The molecule has 1 N–H and O–H groups in total. The summed E-state index contributed by atoms with van der Waals surface area (Å²) in [7, 11) is 0. The zero-order valence-corrected chi connectivity index (χ0v) is 8.82. The van der Waals surface area contributed by atoms with Crippen LogP contribution in [0.4, 0.5) is 5.69 Å². The van der Waals surface area contributed by atoms with E-state index in [1.54, 1.807) is 6.92 Å². The quantitative estimate of drug-likeness (QED) is 0.629. The first-order valence-corrected chi connectivity index (χ1v) is 4.79. The molecule has 0 unspecified atom stereocenters. The maximum Gasteiger partial charge on any atom is 0.336 e. The number of carboxylic acid groups (broad SMARTS) is 1. The lowest BCUT2D eigenvalue weighted by molar-refractivity contribution is -0.383. The fourth-order valence-electron chi connectivity index (χ4n) is 1.58. The van der Waals surface area contributed by atoms with Crippen molar-refractivity contribution in [2.24, 2.45) is 0 Å². The largest absolute Gasteiger partial charge is 0.478 e. The van der Waals surface area contributed by atoms with E-state index >= 15 is 0 Å². The summed E-state index contributed by atoms with van der Waals surface area (Å²) in [6, 6.07) is 2.28. The van der Waals surface area contributed by atoms with Crippen molar-refractivity contribution in [3.05, 3.63) is 27.8 Å². The van der Waals surface area contributed by atoms with Crippen LogP contribution in [0.2, 0.25) is 0 Å². The molecule has 2 rings (SSSR count). The van der Waals surface area contributed by atoms with Crippen LogP contribution in [0.3, 0.4) is 0 Å². The second-order valence-corrected chi connectivity index (χ2v) is 3.33. The maximum atomic E-state index is 10.9. The Bertz CT molecular complexity index is 619. The van der Waals surface area contributed by atoms with Gasteiger partial charge < -0.3 is 5.11 Å². The first-order chi connectivity index (χ1) is 8.04. The molecule has 0 fully saturated rings. The molecule has 2 aromatic rings. The number of nitrogens with zero attached hydrogens (tertiary/aromatic N) is 4. The topological polar surface area (TPSA) is 111 Å². The van der Waals surface area contributed by atoms with Crippen molar-refractivity contribution < 1.29 is 14.8 Å². The van der Waals surface area contributed by atoms with Gasteiger partial charge in [0.15, 0.2) is 5.52 Å². The predicted octanol–water partition coefficient (Wildman–Crippen LogP) is 1.06. The van der Waals surface area contributed by atoms with E-state index in [2.05, 4.69) is 10.3 Å². The Morgan fingerprint density at radius 2 is 2.29 bits per heavy atom. The van der Waals surface area contributed by atoms with Crippen LogP contribution in [0, 0.1) is 10.1 Å². The summed E-state index contributed by atoms with van der Waals surface area (Å²) in [5, 5.41) is 27.2. The first-order valence-electron chi connectivity index (χ1n) is 4.79. The van der Waals surface area contributed by atoms with Gasteiger partial charge in [0.1, 0.15) is 5.52 Å². The molecular formula is C9H8N4O4. The zero-order valence-electron chi connectivity index (χ0n) is 8.82. The smallest absolute Gasteiger partial charge is 0.336 e. The number of rotatable bonds is 3. The third-order valence-corrected chi connectivity index (χ3v) is 2.33. The van der Waals surface area contributed by atoms with Gasteiger partial charge in [-0.3, -0.25) is 10.1 Å². The van der Waals surface area contributed by atoms with Crippen LogP contribution in [0.25, 0.3) is 11.0 Å². The van der Waals surface area contributed by atoms with Crippen molar-refractivity contribution in [2.75, 3.05) is 0 Å². The van der Waals surface area contributed by atoms with E-state index in [-0.39, 0.29) is 22.3 Å². The van der Waals surface area contributed by atoms with Crippen molar-refractivity contribution in [3.63, 3.8) is 0 Å². The highest BCUT2D eigenvalue weighted by Gasteiger charge is 2.21. The van der Waals surface area contributed by atoms with Gasteiger partial charge in [0.25, 0.3) is 5.69 Å². The van der Waals surface area contributed by atoms with Crippen molar-refractivity contribution >= 4 is 22.7 Å². The molecule has 0 aliphatic rings. The Morgan fingerprint density at radius 3 is 2.82 bits per heavy atom. The summed E-state index contributed by atoms with van der Waals surface area (Å²) in [5.41, 5.74) is -0.0277. The van der Waals surface area contributed by atoms with E-state index in [0.29, 0.717) is 6.54 Å². The second-order valence-electron chi connectivity index (χ2n) is 3.33. The lowest BCUT2D eigenvalue weighted by Crippen LogP contribution is -2.02. The van der Waals surface area contributed by atoms with E-state index < -0.39 is 10.9 Å². The lowest BCUT2D eigenvalue weighted by Gasteiger charge is -1.99. The highest BCUT2D eigenvalue weighted by atomic mass is 16.6. The number of hydrogen-bond donors (Lipinski definition) is 1. The molecule has 8 heteroatoms. The molecular weight excluding hydrogens is 228 g/mol. The molecule has 0 saturated heterocycles.